The number of aliphatic hydroxyl groups excluding tert-OH is 1. The molecule has 0 unspecified atom stereocenters. The van der Waals surface area contributed by atoms with Crippen molar-refractivity contribution in [3.8, 4) is 0 Å². The molecule has 1 aliphatic heterocycles. The van der Waals surface area contributed by atoms with Gasteiger partial charge < -0.3 is 10.0 Å². The third kappa shape index (κ3) is 2.50. The lowest BCUT2D eigenvalue weighted by Crippen LogP contribution is -2.48. The van der Waals surface area contributed by atoms with E-state index in [1.165, 1.54) is 0 Å². The summed E-state index contributed by atoms with van der Waals surface area (Å²) in [7, 11) is 0. The first-order valence-electron chi connectivity index (χ1n) is 5.79. The number of halogens is 1. The van der Waals surface area contributed by atoms with Crippen LogP contribution in [0.3, 0.4) is 0 Å². The van der Waals surface area contributed by atoms with Gasteiger partial charge in [-0.2, -0.15) is 0 Å². The van der Waals surface area contributed by atoms with Gasteiger partial charge in [0.05, 0.1) is 11.8 Å². The first-order valence-corrected chi connectivity index (χ1v) is 6.16. The van der Waals surface area contributed by atoms with Crippen molar-refractivity contribution in [2.45, 2.75) is 26.9 Å². The number of aryl methyl sites for hydroxylation is 1. The summed E-state index contributed by atoms with van der Waals surface area (Å²) in [5, 5.41) is 18.1. The van der Waals surface area contributed by atoms with Crippen LogP contribution in [0.15, 0.2) is 0 Å². The normalized spacial score (nSPS) is 29.5. The summed E-state index contributed by atoms with van der Waals surface area (Å²) in [5.41, 5.74) is 0.683. The van der Waals surface area contributed by atoms with Crippen LogP contribution in [0.4, 0.5) is 5.95 Å². The standard InChI is InChI=1S/C11H17ClN4O/c1-6-4-16(5-7(2)9(6)17)11-13-8(3)10(12)14-15-11/h6-7,9,17H,4-5H2,1-3H3/t6-,7+,9+. The molecule has 1 aromatic rings. The Hall–Kier alpha value is -0.940. The van der Waals surface area contributed by atoms with Gasteiger partial charge in [-0.15, -0.1) is 10.2 Å². The first-order chi connectivity index (χ1) is 7.99. The Morgan fingerprint density at radius 3 is 2.35 bits per heavy atom. The summed E-state index contributed by atoms with van der Waals surface area (Å²) in [5.74, 6) is 1.01. The SMILES string of the molecule is Cc1nc(N2C[C@@H](C)[C@H](O)[C@@H](C)C2)nnc1Cl. The second kappa shape index (κ2) is 4.74. The lowest BCUT2D eigenvalue weighted by Gasteiger charge is -2.38. The van der Waals surface area contributed by atoms with E-state index in [9.17, 15) is 5.11 Å². The number of aromatic nitrogens is 3. The topological polar surface area (TPSA) is 62.1 Å². The minimum Gasteiger partial charge on any atom is -0.392 e. The zero-order chi connectivity index (χ0) is 12.6. The van der Waals surface area contributed by atoms with Gasteiger partial charge in [-0.05, 0) is 18.8 Å². The van der Waals surface area contributed by atoms with E-state index in [2.05, 4.69) is 20.1 Å². The van der Waals surface area contributed by atoms with E-state index in [-0.39, 0.29) is 17.9 Å². The molecular weight excluding hydrogens is 240 g/mol. The van der Waals surface area contributed by atoms with Crippen molar-refractivity contribution < 1.29 is 5.11 Å². The van der Waals surface area contributed by atoms with E-state index >= 15 is 0 Å². The van der Waals surface area contributed by atoms with Gasteiger partial charge in [0.25, 0.3) is 0 Å². The van der Waals surface area contributed by atoms with E-state index in [0.29, 0.717) is 16.8 Å². The fourth-order valence-corrected chi connectivity index (χ4v) is 2.30. The lowest BCUT2D eigenvalue weighted by molar-refractivity contribution is 0.0524. The van der Waals surface area contributed by atoms with Crippen LogP contribution in [0.2, 0.25) is 5.15 Å². The molecule has 2 rings (SSSR count). The molecule has 0 bridgehead atoms. The molecule has 0 saturated carbocycles. The Morgan fingerprint density at radius 1 is 1.24 bits per heavy atom. The minimum absolute atomic E-state index is 0.207. The highest BCUT2D eigenvalue weighted by atomic mass is 35.5. The van der Waals surface area contributed by atoms with Gasteiger partial charge in [0.2, 0.25) is 5.95 Å². The Kier molecular flexibility index (Phi) is 3.49. The zero-order valence-electron chi connectivity index (χ0n) is 10.3. The second-order valence-electron chi connectivity index (χ2n) is 4.84. The van der Waals surface area contributed by atoms with Crippen LogP contribution in [-0.2, 0) is 0 Å². The van der Waals surface area contributed by atoms with Crippen LogP contribution < -0.4 is 4.90 Å². The number of hydrogen-bond donors (Lipinski definition) is 1. The maximum Gasteiger partial charge on any atom is 0.245 e. The van der Waals surface area contributed by atoms with E-state index in [4.69, 9.17) is 11.6 Å². The molecule has 6 heteroatoms. The molecule has 0 aliphatic carbocycles. The Bertz CT molecular complexity index is 402. The predicted molar refractivity (Wildman–Crippen MR) is 66.1 cm³/mol. The highest BCUT2D eigenvalue weighted by Gasteiger charge is 2.31. The Labute approximate surface area is 106 Å². The summed E-state index contributed by atoms with van der Waals surface area (Å²) in [6.07, 6.45) is -0.257. The number of hydrogen-bond acceptors (Lipinski definition) is 5. The fraction of sp³-hybridized carbons (Fsp3) is 0.727. The predicted octanol–water partition coefficient (Wildman–Crippen LogP) is 1.29. The van der Waals surface area contributed by atoms with Crippen molar-refractivity contribution in [1.82, 2.24) is 15.2 Å². The third-order valence-electron chi connectivity index (χ3n) is 3.26. The molecule has 0 amide bonds. The van der Waals surface area contributed by atoms with Crippen molar-refractivity contribution >= 4 is 17.5 Å². The molecule has 1 fully saturated rings. The molecule has 1 saturated heterocycles. The van der Waals surface area contributed by atoms with Gasteiger partial charge in [0.1, 0.15) is 0 Å². The van der Waals surface area contributed by atoms with E-state index in [0.717, 1.165) is 13.1 Å². The average molecular weight is 257 g/mol. The van der Waals surface area contributed by atoms with Gasteiger partial charge in [-0.3, -0.25) is 0 Å². The van der Waals surface area contributed by atoms with Crippen molar-refractivity contribution in [1.29, 1.82) is 0 Å². The van der Waals surface area contributed by atoms with Crippen molar-refractivity contribution in [2.24, 2.45) is 11.8 Å². The molecule has 2 heterocycles. The number of rotatable bonds is 1. The molecule has 1 N–H and O–H groups in total. The van der Waals surface area contributed by atoms with Gasteiger partial charge in [-0.1, -0.05) is 25.4 Å². The number of aliphatic hydroxyl groups is 1. The van der Waals surface area contributed by atoms with E-state index in [1.807, 2.05) is 20.8 Å². The first kappa shape index (κ1) is 12.5. The van der Waals surface area contributed by atoms with Crippen LogP contribution in [0.5, 0.6) is 0 Å². The smallest absolute Gasteiger partial charge is 0.245 e. The van der Waals surface area contributed by atoms with Crippen LogP contribution >= 0.6 is 11.6 Å². The maximum atomic E-state index is 9.91. The van der Waals surface area contributed by atoms with Crippen LogP contribution in [-0.4, -0.2) is 39.5 Å². The monoisotopic (exact) mass is 256 g/mol. The molecule has 5 nitrogen and oxygen atoms in total. The maximum absolute atomic E-state index is 9.91. The summed E-state index contributed by atoms with van der Waals surface area (Å²) >= 11 is 5.81. The summed E-state index contributed by atoms with van der Waals surface area (Å²) < 4.78 is 0. The van der Waals surface area contributed by atoms with Gasteiger partial charge in [0.15, 0.2) is 5.15 Å². The molecular formula is C11H17ClN4O. The van der Waals surface area contributed by atoms with Crippen molar-refractivity contribution in [3.05, 3.63) is 10.8 Å². The zero-order valence-corrected chi connectivity index (χ0v) is 11.0. The molecule has 17 heavy (non-hydrogen) atoms. The molecule has 0 spiro atoms. The van der Waals surface area contributed by atoms with Crippen molar-refractivity contribution in [3.63, 3.8) is 0 Å². The van der Waals surface area contributed by atoms with Gasteiger partial charge in [-0.25, -0.2) is 4.98 Å². The number of anilines is 1. The van der Waals surface area contributed by atoms with Crippen LogP contribution in [0, 0.1) is 18.8 Å². The Balaban J connectivity index is 2.20. The molecule has 94 valence electrons. The average Bonchev–Trinajstić information content (AvgIpc) is 2.29. The highest BCUT2D eigenvalue weighted by molar-refractivity contribution is 6.29. The Morgan fingerprint density at radius 2 is 1.82 bits per heavy atom. The van der Waals surface area contributed by atoms with E-state index < -0.39 is 0 Å². The third-order valence-corrected chi connectivity index (χ3v) is 3.61. The second-order valence-corrected chi connectivity index (χ2v) is 5.20. The largest absolute Gasteiger partial charge is 0.392 e. The van der Waals surface area contributed by atoms with Gasteiger partial charge >= 0.3 is 0 Å². The van der Waals surface area contributed by atoms with E-state index in [1.54, 1.807) is 0 Å². The number of nitrogens with zero attached hydrogens (tertiary/aromatic N) is 4. The summed E-state index contributed by atoms with van der Waals surface area (Å²) in [6.45, 7) is 7.36. The summed E-state index contributed by atoms with van der Waals surface area (Å²) in [6, 6.07) is 0. The minimum atomic E-state index is -0.257. The number of piperidine rings is 1. The lowest BCUT2D eigenvalue weighted by atomic mass is 9.89. The fourth-order valence-electron chi connectivity index (χ4n) is 2.22. The molecule has 0 radical (unpaired) electrons. The summed E-state index contributed by atoms with van der Waals surface area (Å²) in [4.78, 5) is 6.38. The quantitative estimate of drug-likeness (QED) is 0.820. The van der Waals surface area contributed by atoms with Crippen LogP contribution in [0.25, 0.3) is 0 Å². The molecule has 1 aromatic heterocycles. The van der Waals surface area contributed by atoms with Crippen LogP contribution in [0.1, 0.15) is 19.5 Å². The molecule has 1 aliphatic rings. The van der Waals surface area contributed by atoms with Gasteiger partial charge in [0, 0.05) is 13.1 Å². The highest BCUT2D eigenvalue weighted by Crippen LogP contribution is 2.24. The molecule has 0 aromatic carbocycles. The molecule has 3 atom stereocenters. The van der Waals surface area contributed by atoms with Crippen molar-refractivity contribution in [2.75, 3.05) is 18.0 Å².